The molecule has 0 atom stereocenters. The largest absolute Gasteiger partial charge is 0.381 e. The van der Waals surface area contributed by atoms with Gasteiger partial charge in [0.05, 0.1) is 5.56 Å². The fraction of sp³-hybridized carbons (Fsp3) is 0.455. The van der Waals surface area contributed by atoms with E-state index in [1.807, 2.05) is 18.2 Å². The second-order valence-electron chi connectivity index (χ2n) is 7.56. The maximum Gasteiger partial charge on any atom is 0.253 e. The average Bonchev–Trinajstić information content (AvgIpc) is 2.71. The molecule has 0 aliphatic carbocycles. The molecule has 1 amide bonds. The van der Waals surface area contributed by atoms with Gasteiger partial charge in [0, 0.05) is 37.0 Å². The van der Waals surface area contributed by atoms with Crippen molar-refractivity contribution in [1.82, 2.24) is 10.3 Å². The second-order valence-corrected chi connectivity index (χ2v) is 8.48. The zero-order chi connectivity index (χ0) is 19.9. The lowest BCUT2D eigenvalue weighted by molar-refractivity contribution is 0.0642. The van der Waals surface area contributed by atoms with Crippen LogP contribution in [0.2, 0.25) is 0 Å². The number of carbonyl (C=O) groups is 1. The lowest BCUT2D eigenvalue weighted by Crippen LogP contribution is -2.32. The van der Waals surface area contributed by atoms with Gasteiger partial charge in [0.15, 0.2) is 0 Å². The molecule has 1 aromatic heterocycles. The maximum atomic E-state index is 12.7. The zero-order valence-corrected chi connectivity index (χ0v) is 18.1. The summed E-state index contributed by atoms with van der Waals surface area (Å²) in [6.07, 6.45) is 3.71. The molecule has 0 spiro atoms. The summed E-state index contributed by atoms with van der Waals surface area (Å²) in [6, 6.07) is 10.2. The molecule has 6 heteroatoms. The van der Waals surface area contributed by atoms with Gasteiger partial charge in [-0.05, 0) is 54.0 Å². The van der Waals surface area contributed by atoms with Crippen LogP contribution in [0.25, 0.3) is 0 Å². The molecule has 0 bridgehead atoms. The number of anilines is 1. The minimum atomic E-state index is -0.0405. The van der Waals surface area contributed by atoms with Crippen molar-refractivity contribution < 1.29 is 9.53 Å². The highest BCUT2D eigenvalue weighted by atomic mass is 79.9. The quantitative estimate of drug-likeness (QED) is 0.645. The summed E-state index contributed by atoms with van der Waals surface area (Å²) in [6.45, 7) is 7.16. The number of amides is 1. The third kappa shape index (κ3) is 5.79. The van der Waals surface area contributed by atoms with Crippen molar-refractivity contribution in [2.24, 2.45) is 5.92 Å². The van der Waals surface area contributed by atoms with E-state index >= 15 is 0 Å². The van der Waals surface area contributed by atoms with Gasteiger partial charge in [-0.25, -0.2) is 4.98 Å². The van der Waals surface area contributed by atoms with Crippen LogP contribution in [0.5, 0.6) is 0 Å². The normalized spacial score (nSPS) is 14.9. The van der Waals surface area contributed by atoms with Crippen molar-refractivity contribution >= 4 is 27.7 Å². The first-order chi connectivity index (χ1) is 13.5. The summed E-state index contributed by atoms with van der Waals surface area (Å²) in [5.74, 6) is 1.48. The van der Waals surface area contributed by atoms with Gasteiger partial charge in [-0.3, -0.25) is 4.79 Å². The van der Waals surface area contributed by atoms with Crippen molar-refractivity contribution in [1.29, 1.82) is 0 Å². The highest BCUT2D eigenvalue weighted by Gasteiger charge is 2.18. The molecule has 5 nitrogen and oxygen atoms in total. The van der Waals surface area contributed by atoms with E-state index in [2.05, 4.69) is 57.5 Å². The van der Waals surface area contributed by atoms with Gasteiger partial charge in [0.1, 0.15) is 5.82 Å². The molecule has 0 unspecified atom stereocenters. The van der Waals surface area contributed by atoms with Crippen LogP contribution < -0.4 is 10.6 Å². The van der Waals surface area contributed by atoms with E-state index in [1.165, 1.54) is 5.56 Å². The van der Waals surface area contributed by atoms with E-state index in [-0.39, 0.29) is 11.8 Å². The molecule has 2 N–H and O–H groups in total. The van der Waals surface area contributed by atoms with Crippen LogP contribution in [-0.4, -0.2) is 30.6 Å². The van der Waals surface area contributed by atoms with Gasteiger partial charge in [-0.15, -0.1) is 0 Å². The lowest BCUT2D eigenvalue weighted by atomic mass is 9.97. The van der Waals surface area contributed by atoms with Crippen LogP contribution in [-0.2, 0) is 11.3 Å². The third-order valence-electron chi connectivity index (χ3n) is 5.06. The van der Waals surface area contributed by atoms with Gasteiger partial charge in [0.2, 0.25) is 0 Å². The van der Waals surface area contributed by atoms with Gasteiger partial charge >= 0.3 is 0 Å². The first-order valence-corrected chi connectivity index (χ1v) is 10.7. The Bertz CT molecular complexity index is 804. The van der Waals surface area contributed by atoms with E-state index in [4.69, 9.17) is 4.74 Å². The van der Waals surface area contributed by atoms with Gasteiger partial charge < -0.3 is 15.4 Å². The van der Waals surface area contributed by atoms with Crippen LogP contribution in [0.15, 0.2) is 41.0 Å². The molecule has 0 radical (unpaired) electrons. The Labute approximate surface area is 175 Å². The lowest BCUT2D eigenvalue weighted by Gasteiger charge is -2.22. The molecule has 1 saturated heterocycles. The molecular formula is C22H28BrN3O2. The molecule has 28 heavy (non-hydrogen) atoms. The van der Waals surface area contributed by atoms with E-state index < -0.39 is 0 Å². The van der Waals surface area contributed by atoms with Crippen LogP contribution in [0.1, 0.15) is 54.1 Å². The van der Waals surface area contributed by atoms with E-state index in [9.17, 15) is 4.79 Å². The monoisotopic (exact) mass is 445 g/mol. The van der Waals surface area contributed by atoms with E-state index in [1.54, 1.807) is 6.20 Å². The number of nitrogens with one attached hydrogen (secondary N) is 2. The first-order valence-electron chi connectivity index (χ1n) is 9.87. The molecule has 3 rings (SSSR count). The second kappa shape index (κ2) is 10.0. The molecule has 1 fully saturated rings. The summed E-state index contributed by atoms with van der Waals surface area (Å²) in [4.78, 5) is 17.2. The number of hydrogen-bond acceptors (Lipinski definition) is 4. The third-order valence-corrected chi connectivity index (χ3v) is 5.55. The summed E-state index contributed by atoms with van der Waals surface area (Å²) < 4.78 is 6.44. The van der Waals surface area contributed by atoms with Crippen LogP contribution >= 0.6 is 15.9 Å². The minimum Gasteiger partial charge on any atom is -0.381 e. The average molecular weight is 446 g/mol. The standard InChI is InChI=1S/C22H28BrN3O2/c1-15(2)19-11-21(24-13-17-4-3-5-18(23)10-17)25-14-20(19)22(27)26-12-16-6-8-28-9-7-16/h3-5,10-11,14-16H,6-9,12-13H2,1-2H3,(H,24,25)(H,26,27). The number of rotatable bonds is 7. The first kappa shape index (κ1) is 20.8. The Morgan fingerprint density at radius 2 is 2.07 bits per heavy atom. The zero-order valence-electron chi connectivity index (χ0n) is 16.5. The van der Waals surface area contributed by atoms with Gasteiger partial charge in [0.25, 0.3) is 5.91 Å². The molecule has 1 aromatic carbocycles. The summed E-state index contributed by atoms with van der Waals surface area (Å²) in [7, 11) is 0. The number of aromatic nitrogens is 1. The predicted octanol–water partition coefficient (Wildman–Crippen LogP) is 4.74. The number of ether oxygens (including phenoxy) is 1. The van der Waals surface area contributed by atoms with Crippen molar-refractivity contribution in [3.05, 3.63) is 57.7 Å². The number of nitrogens with zero attached hydrogens (tertiary/aromatic N) is 1. The van der Waals surface area contributed by atoms with Crippen molar-refractivity contribution in [3.8, 4) is 0 Å². The van der Waals surface area contributed by atoms with Gasteiger partial charge in [-0.2, -0.15) is 0 Å². The van der Waals surface area contributed by atoms with Crippen LogP contribution in [0, 0.1) is 5.92 Å². The van der Waals surface area contributed by atoms with Crippen LogP contribution in [0.4, 0.5) is 5.82 Å². The molecule has 1 aliphatic heterocycles. The fourth-order valence-electron chi connectivity index (χ4n) is 3.36. The number of benzene rings is 1. The molecule has 2 aromatic rings. The molecular weight excluding hydrogens is 418 g/mol. The summed E-state index contributed by atoms with van der Waals surface area (Å²) in [5, 5.41) is 6.44. The molecule has 0 saturated carbocycles. The van der Waals surface area contributed by atoms with E-state index in [0.717, 1.165) is 41.9 Å². The number of carbonyl (C=O) groups excluding carboxylic acids is 1. The summed E-state index contributed by atoms with van der Waals surface area (Å²) >= 11 is 3.49. The Balaban J connectivity index is 1.65. The van der Waals surface area contributed by atoms with E-state index in [0.29, 0.717) is 24.6 Å². The Kier molecular flexibility index (Phi) is 7.45. The molecule has 1 aliphatic rings. The van der Waals surface area contributed by atoms with Crippen molar-refractivity contribution in [3.63, 3.8) is 0 Å². The van der Waals surface area contributed by atoms with Crippen LogP contribution in [0.3, 0.4) is 0 Å². The molecule has 150 valence electrons. The smallest absolute Gasteiger partial charge is 0.253 e. The van der Waals surface area contributed by atoms with Crippen molar-refractivity contribution in [2.45, 2.75) is 39.2 Å². The number of pyridine rings is 1. The topological polar surface area (TPSA) is 63.2 Å². The van der Waals surface area contributed by atoms with Crippen molar-refractivity contribution in [2.75, 3.05) is 25.1 Å². The highest BCUT2D eigenvalue weighted by Crippen LogP contribution is 2.23. The predicted molar refractivity (Wildman–Crippen MR) is 116 cm³/mol. The minimum absolute atomic E-state index is 0.0405. The Hall–Kier alpha value is -1.92. The highest BCUT2D eigenvalue weighted by molar-refractivity contribution is 9.10. The summed E-state index contributed by atoms with van der Waals surface area (Å²) in [5.41, 5.74) is 2.84. The Morgan fingerprint density at radius 3 is 2.79 bits per heavy atom. The SMILES string of the molecule is CC(C)c1cc(NCc2cccc(Br)c2)ncc1C(=O)NCC1CCOCC1. The fourth-order valence-corrected chi connectivity index (χ4v) is 3.80. The van der Waals surface area contributed by atoms with Gasteiger partial charge in [-0.1, -0.05) is 41.9 Å². The number of hydrogen-bond donors (Lipinski definition) is 2. The Morgan fingerprint density at radius 1 is 1.29 bits per heavy atom. The maximum absolute atomic E-state index is 12.7. The number of halogens is 1. The molecule has 2 heterocycles.